The first-order valence-corrected chi connectivity index (χ1v) is 7.26. The molecular weight excluding hydrogens is 228 g/mol. The maximum atomic E-state index is 12.3. The molecule has 0 radical (unpaired) electrons. The molecule has 0 aromatic rings. The second kappa shape index (κ2) is 6.02. The van der Waals surface area contributed by atoms with Crippen molar-refractivity contribution in [2.24, 2.45) is 5.92 Å². The van der Waals surface area contributed by atoms with E-state index < -0.39 is 0 Å². The molecule has 104 valence electrons. The van der Waals surface area contributed by atoms with E-state index in [0.717, 1.165) is 32.5 Å². The van der Waals surface area contributed by atoms with Gasteiger partial charge >= 0.3 is 0 Å². The van der Waals surface area contributed by atoms with Crippen molar-refractivity contribution in [3.8, 4) is 0 Å². The predicted octanol–water partition coefficient (Wildman–Crippen LogP) is 1.09. The van der Waals surface area contributed by atoms with Crippen LogP contribution in [-0.2, 0) is 4.79 Å². The van der Waals surface area contributed by atoms with Gasteiger partial charge in [0, 0.05) is 25.7 Å². The number of rotatable bonds is 5. The molecule has 0 aromatic carbocycles. The number of hydrogen-bond donors (Lipinski definition) is 1. The summed E-state index contributed by atoms with van der Waals surface area (Å²) in [4.78, 5) is 16.6. The van der Waals surface area contributed by atoms with Crippen LogP contribution in [-0.4, -0.2) is 59.1 Å². The number of nitrogens with zero attached hydrogens (tertiary/aromatic N) is 2. The summed E-state index contributed by atoms with van der Waals surface area (Å²) in [7, 11) is 0. The van der Waals surface area contributed by atoms with Crippen LogP contribution >= 0.6 is 0 Å². The molecule has 1 saturated heterocycles. The van der Waals surface area contributed by atoms with Gasteiger partial charge < -0.3 is 10.0 Å². The van der Waals surface area contributed by atoms with E-state index >= 15 is 0 Å². The fraction of sp³-hybridized carbons (Fsp3) is 0.929. The molecule has 0 bridgehead atoms. The van der Waals surface area contributed by atoms with Gasteiger partial charge in [0.15, 0.2) is 0 Å². The highest BCUT2D eigenvalue weighted by Crippen LogP contribution is 2.28. The molecular formula is C14H26N2O2. The number of likely N-dealkylation sites (tertiary alicyclic amines) is 1. The molecule has 0 unspecified atom stereocenters. The van der Waals surface area contributed by atoms with Crippen molar-refractivity contribution in [2.75, 3.05) is 26.2 Å². The second-order valence-corrected chi connectivity index (χ2v) is 6.18. The number of amides is 1. The Morgan fingerprint density at radius 1 is 1.28 bits per heavy atom. The van der Waals surface area contributed by atoms with Gasteiger partial charge in [-0.2, -0.15) is 0 Å². The average Bonchev–Trinajstić information content (AvgIpc) is 3.12. The summed E-state index contributed by atoms with van der Waals surface area (Å²) in [6.45, 7) is 7.47. The molecule has 0 aromatic heterocycles. The van der Waals surface area contributed by atoms with Crippen LogP contribution < -0.4 is 0 Å². The van der Waals surface area contributed by atoms with Crippen molar-refractivity contribution in [3.05, 3.63) is 0 Å². The van der Waals surface area contributed by atoms with Crippen molar-refractivity contribution in [3.63, 3.8) is 0 Å². The summed E-state index contributed by atoms with van der Waals surface area (Å²) in [5.41, 5.74) is 0. The van der Waals surface area contributed by atoms with E-state index in [1.807, 2.05) is 0 Å². The lowest BCUT2D eigenvalue weighted by Crippen LogP contribution is -2.46. The molecule has 1 aliphatic carbocycles. The maximum absolute atomic E-state index is 12.3. The molecule has 1 N–H and O–H groups in total. The standard InChI is InChI=1S/C14H26N2O2/c1-11(2)9-16(12-3-4-12)14(18)10-15-7-5-13(17)6-8-15/h11-13,17H,3-10H2,1-2H3. The van der Waals surface area contributed by atoms with Gasteiger partial charge in [0.2, 0.25) is 5.91 Å². The third-order valence-electron chi connectivity index (χ3n) is 3.79. The average molecular weight is 254 g/mol. The van der Waals surface area contributed by atoms with Gasteiger partial charge in [0.05, 0.1) is 12.6 Å². The van der Waals surface area contributed by atoms with Crippen molar-refractivity contribution in [1.82, 2.24) is 9.80 Å². The van der Waals surface area contributed by atoms with Gasteiger partial charge in [-0.25, -0.2) is 0 Å². The first-order valence-electron chi connectivity index (χ1n) is 7.26. The maximum Gasteiger partial charge on any atom is 0.237 e. The Labute approximate surface area is 110 Å². The lowest BCUT2D eigenvalue weighted by molar-refractivity contribution is -0.134. The highest BCUT2D eigenvalue weighted by atomic mass is 16.3. The first kappa shape index (κ1) is 13.8. The summed E-state index contributed by atoms with van der Waals surface area (Å²) in [5, 5.41) is 9.47. The fourth-order valence-electron chi connectivity index (χ4n) is 2.59. The highest BCUT2D eigenvalue weighted by molar-refractivity contribution is 5.79. The Balaban J connectivity index is 1.81. The van der Waals surface area contributed by atoms with Crippen molar-refractivity contribution >= 4 is 5.91 Å². The Kier molecular flexibility index (Phi) is 4.62. The monoisotopic (exact) mass is 254 g/mol. The first-order chi connectivity index (χ1) is 8.56. The van der Waals surface area contributed by atoms with Crippen LogP contribution in [0, 0.1) is 5.92 Å². The fourth-order valence-corrected chi connectivity index (χ4v) is 2.59. The largest absolute Gasteiger partial charge is 0.393 e. The van der Waals surface area contributed by atoms with Crippen LogP contribution in [0.15, 0.2) is 0 Å². The molecule has 2 rings (SSSR count). The van der Waals surface area contributed by atoms with Crippen LogP contribution in [0.2, 0.25) is 0 Å². The second-order valence-electron chi connectivity index (χ2n) is 6.18. The number of carbonyl (C=O) groups excluding carboxylic acids is 1. The van der Waals surface area contributed by atoms with Crippen LogP contribution in [0.4, 0.5) is 0 Å². The normalized spacial score (nSPS) is 22.4. The SMILES string of the molecule is CC(C)CN(C(=O)CN1CCC(O)CC1)C1CC1. The summed E-state index contributed by atoms with van der Waals surface area (Å²) < 4.78 is 0. The van der Waals surface area contributed by atoms with Gasteiger partial charge in [-0.05, 0) is 31.6 Å². The Bertz CT molecular complexity index is 282. The molecule has 0 spiro atoms. The minimum Gasteiger partial charge on any atom is -0.393 e. The molecule has 1 heterocycles. The zero-order valence-electron chi connectivity index (χ0n) is 11.6. The topological polar surface area (TPSA) is 43.8 Å². The number of aliphatic hydroxyl groups is 1. The van der Waals surface area contributed by atoms with E-state index in [9.17, 15) is 9.90 Å². The quantitative estimate of drug-likeness (QED) is 0.799. The van der Waals surface area contributed by atoms with E-state index in [1.54, 1.807) is 0 Å². The minimum atomic E-state index is -0.161. The van der Waals surface area contributed by atoms with Gasteiger partial charge in [-0.1, -0.05) is 13.8 Å². The van der Waals surface area contributed by atoms with Crippen LogP contribution in [0.1, 0.15) is 39.5 Å². The van der Waals surface area contributed by atoms with E-state index in [-0.39, 0.29) is 12.0 Å². The minimum absolute atomic E-state index is 0.161. The van der Waals surface area contributed by atoms with Gasteiger partial charge in [-0.3, -0.25) is 9.69 Å². The summed E-state index contributed by atoms with van der Waals surface area (Å²) in [6, 6.07) is 0.510. The van der Waals surface area contributed by atoms with Gasteiger partial charge in [0.1, 0.15) is 0 Å². The molecule has 1 saturated carbocycles. The molecule has 4 nitrogen and oxygen atoms in total. The zero-order chi connectivity index (χ0) is 13.1. The third-order valence-corrected chi connectivity index (χ3v) is 3.79. The number of aliphatic hydroxyl groups excluding tert-OH is 1. The van der Waals surface area contributed by atoms with Crippen molar-refractivity contribution in [2.45, 2.75) is 51.7 Å². The van der Waals surface area contributed by atoms with Crippen LogP contribution in [0.25, 0.3) is 0 Å². The van der Waals surface area contributed by atoms with Gasteiger partial charge in [-0.15, -0.1) is 0 Å². The molecule has 2 aliphatic rings. The Hall–Kier alpha value is -0.610. The lowest BCUT2D eigenvalue weighted by Gasteiger charge is -2.32. The molecule has 18 heavy (non-hydrogen) atoms. The van der Waals surface area contributed by atoms with E-state index in [0.29, 0.717) is 18.5 Å². The zero-order valence-corrected chi connectivity index (χ0v) is 11.6. The number of carbonyl (C=O) groups is 1. The van der Waals surface area contributed by atoms with Crippen molar-refractivity contribution < 1.29 is 9.90 Å². The molecule has 2 fully saturated rings. The lowest BCUT2D eigenvalue weighted by atomic mass is 10.1. The van der Waals surface area contributed by atoms with Crippen LogP contribution in [0.5, 0.6) is 0 Å². The Morgan fingerprint density at radius 3 is 2.39 bits per heavy atom. The van der Waals surface area contributed by atoms with Crippen LogP contribution in [0.3, 0.4) is 0 Å². The summed E-state index contributed by atoms with van der Waals surface area (Å²) in [5.74, 6) is 0.820. The molecule has 1 amide bonds. The highest BCUT2D eigenvalue weighted by Gasteiger charge is 2.33. The molecule has 1 aliphatic heterocycles. The number of piperidine rings is 1. The van der Waals surface area contributed by atoms with E-state index in [4.69, 9.17) is 0 Å². The van der Waals surface area contributed by atoms with E-state index in [2.05, 4.69) is 23.6 Å². The van der Waals surface area contributed by atoms with Gasteiger partial charge in [0.25, 0.3) is 0 Å². The smallest absolute Gasteiger partial charge is 0.237 e. The number of hydrogen-bond acceptors (Lipinski definition) is 3. The summed E-state index contributed by atoms with van der Waals surface area (Å²) >= 11 is 0. The Morgan fingerprint density at radius 2 is 1.89 bits per heavy atom. The molecule has 4 heteroatoms. The summed E-state index contributed by atoms with van der Waals surface area (Å²) in [6.07, 6.45) is 3.81. The third kappa shape index (κ3) is 3.95. The van der Waals surface area contributed by atoms with Crippen molar-refractivity contribution in [1.29, 1.82) is 0 Å². The predicted molar refractivity (Wildman–Crippen MR) is 71.3 cm³/mol. The molecule has 0 atom stereocenters. The van der Waals surface area contributed by atoms with E-state index in [1.165, 1.54) is 12.8 Å².